The maximum Gasteiger partial charge on any atom is 0.119 e. The van der Waals surface area contributed by atoms with Gasteiger partial charge in [-0.2, -0.15) is 0 Å². The lowest BCUT2D eigenvalue weighted by Gasteiger charge is -2.25. The van der Waals surface area contributed by atoms with Gasteiger partial charge in [0.15, 0.2) is 0 Å². The van der Waals surface area contributed by atoms with E-state index in [9.17, 15) is 0 Å². The molecule has 1 saturated heterocycles. The lowest BCUT2D eigenvalue weighted by molar-refractivity contribution is 0.0766. The van der Waals surface area contributed by atoms with Crippen LogP contribution in [-0.2, 0) is 4.74 Å². The minimum absolute atomic E-state index is 0. The molecule has 90 valence electrons. The Balaban J connectivity index is 0.00000128. The summed E-state index contributed by atoms with van der Waals surface area (Å²) in [7, 11) is 1.68. The first-order valence-electron chi connectivity index (χ1n) is 4.96. The van der Waals surface area contributed by atoms with Gasteiger partial charge in [-0.3, -0.25) is 0 Å². The van der Waals surface area contributed by atoms with Crippen LogP contribution in [0.4, 0.5) is 0 Å². The number of morpholine rings is 1. The minimum Gasteiger partial charge on any atom is -0.497 e. The second-order valence-corrected chi connectivity index (χ2v) is 4.32. The SMILES string of the molecule is COc1ccc(Br)c([C@@H]2COCCN2)c1.Cl. The largest absolute Gasteiger partial charge is 0.497 e. The summed E-state index contributed by atoms with van der Waals surface area (Å²) in [5.74, 6) is 0.876. The van der Waals surface area contributed by atoms with Crippen LogP contribution in [0, 0.1) is 0 Å². The first-order valence-corrected chi connectivity index (χ1v) is 5.75. The lowest BCUT2D eigenvalue weighted by atomic mass is 10.1. The number of benzene rings is 1. The summed E-state index contributed by atoms with van der Waals surface area (Å²) in [6.07, 6.45) is 0. The third-order valence-corrected chi connectivity index (χ3v) is 3.22. The number of methoxy groups -OCH3 is 1. The highest BCUT2D eigenvalue weighted by molar-refractivity contribution is 9.10. The Kier molecular flexibility index (Phi) is 5.55. The fourth-order valence-electron chi connectivity index (χ4n) is 1.68. The van der Waals surface area contributed by atoms with E-state index in [2.05, 4.69) is 21.2 Å². The summed E-state index contributed by atoms with van der Waals surface area (Å²) >= 11 is 3.54. The number of hydrogen-bond acceptors (Lipinski definition) is 3. The molecule has 1 heterocycles. The molecule has 1 aromatic rings. The molecule has 1 N–H and O–H groups in total. The molecule has 0 spiro atoms. The van der Waals surface area contributed by atoms with Crippen molar-refractivity contribution in [2.24, 2.45) is 0 Å². The molecule has 1 aliphatic heterocycles. The lowest BCUT2D eigenvalue weighted by Crippen LogP contribution is -2.34. The van der Waals surface area contributed by atoms with Gasteiger partial charge in [0.25, 0.3) is 0 Å². The Morgan fingerprint density at radius 3 is 2.94 bits per heavy atom. The minimum atomic E-state index is 0. The van der Waals surface area contributed by atoms with E-state index in [-0.39, 0.29) is 18.4 Å². The fourth-order valence-corrected chi connectivity index (χ4v) is 2.20. The molecular weight excluding hydrogens is 293 g/mol. The Morgan fingerprint density at radius 1 is 1.50 bits per heavy atom. The summed E-state index contributed by atoms with van der Waals surface area (Å²) in [6, 6.07) is 6.24. The summed E-state index contributed by atoms with van der Waals surface area (Å²) in [4.78, 5) is 0. The first-order chi connectivity index (χ1) is 7.31. The van der Waals surface area contributed by atoms with Gasteiger partial charge in [-0.05, 0) is 23.8 Å². The van der Waals surface area contributed by atoms with Gasteiger partial charge < -0.3 is 14.8 Å². The Hall–Kier alpha value is -0.290. The third kappa shape index (κ3) is 3.10. The van der Waals surface area contributed by atoms with E-state index in [1.807, 2.05) is 18.2 Å². The Bertz CT molecular complexity index is 343. The van der Waals surface area contributed by atoms with Gasteiger partial charge in [-0.15, -0.1) is 12.4 Å². The average molecular weight is 309 g/mol. The van der Waals surface area contributed by atoms with Crippen LogP contribution in [0.15, 0.2) is 22.7 Å². The standard InChI is InChI=1S/C11H14BrNO2.ClH/c1-14-8-2-3-10(12)9(6-8)11-7-15-5-4-13-11;/h2-3,6,11,13H,4-5,7H2,1H3;1H/t11-;/m0./s1. The summed E-state index contributed by atoms with van der Waals surface area (Å²) in [6.45, 7) is 2.40. The number of nitrogens with one attached hydrogen (secondary N) is 1. The highest BCUT2D eigenvalue weighted by Crippen LogP contribution is 2.28. The molecule has 3 nitrogen and oxygen atoms in total. The molecule has 0 unspecified atom stereocenters. The zero-order chi connectivity index (χ0) is 10.7. The maximum absolute atomic E-state index is 5.44. The van der Waals surface area contributed by atoms with Crippen molar-refractivity contribution < 1.29 is 9.47 Å². The second kappa shape index (κ2) is 6.45. The van der Waals surface area contributed by atoms with Gasteiger partial charge in [0.05, 0.1) is 26.4 Å². The highest BCUT2D eigenvalue weighted by atomic mass is 79.9. The molecule has 0 aliphatic carbocycles. The zero-order valence-electron chi connectivity index (χ0n) is 9.03. The molecule has 1 aliphatic rings. The van der Waals surface area contributed by atoms with Crippen LogP contribution in [0.3, 0.4) is 0 Å². The fraction of sp³-hybridized carbons (Fsp3) is 0.455. The molecule has 0 saturated carbocycles. The number of ether oxygens (including phenoxy) is 2. The van der Waals surface area contributed by atoms with Crippen molar-refractivity contribution in [2.45, 2.75) is 6.04 Å². The van der Waals surface area contributed by atoms with E-state index in [0.717, 1.165) is 23.4 Å². The number of rotatable bonds is 2. The normalized spacial score (nSPS) is 20.0. The van der Waals surface area contributed by atoms with E-state index in [0.29, 0.717) is 6.61 Å². The van der Waals surface area contributed by atoms with E-state index in [1.165, 1.54) is 5.56 Å². The predicted molar refractivity (Wildman–Crippen MR) is 69.5 cm³/mol. The Labute approximate surface area is 110 Å². The van der Waals surface area contributed by atoms with Gasteiger partial charge >= 0.3 is 0 Å². The molecular formula is C11H15BrClNO2. The zero-order valence-corrected chi connectivity index (χ0v) is 11.4. The molecule has 16 heavy (non-hydrogen) atoms. The van der Waals surface area contributed by atoms with E-state index < -0.39 is 0 Å². The van der Waals surface area contributed by atoms with E-state index in [1.54, 1.807) is 7.11 Å². The van der Waals surface area contributed by atoms with Gasteiger partial charge in [0, 0.05) is 11.0 Å². The summed E-state index contributed by atoms with van der Waals surface area (Å²) in [5, 5.41) is 3.42. The third-order valence-electron chi connectivity index (χ3n) is 2.50. The summed E-state index contributed by atoms with van der Waals surface area (Å²) in [5.41, 5.74) is 1.19. The molecule has 0 amide bonds. The van der Waals surface area contributed by atoms with Crippen LogP contribution in [0.2, 0.25) is 0 Å². The van der Waals surface area contributed by atoms with Gasteiger partial charge in [0.1, 0.15) is 5.75 Å². The first kappa shape index (κ1) is 13.8. The molecule has 0 radical (unpaired) electrons. The quantitative estimate of drug-likeness (QED) is 0.911. The monoisotopic (exact) mass is 307 g/mol. The van der Waals surface area contributed by atoms with Crippen LogP contribution < -0.4 is 10.1 Å². The van der Waals surface area contributed by atoms with Crippen LogP contribution in [0.5, 0.6) is 5.75 Å². The van der Waals surface area contributed by atoms with Crippen molar-refractivity contribution in [1.29, 1.82) is 0 Å². The predicted octanol–water partition coefficient (Wildman–Crippen LogP) is 2.54. The van der Waals surface area contributed by atoms with Crippen molar-refractivity contribution >= 4 is 28.3 Å². The van der Waals surface area contributed by atoms with Crippen molar-refractivity contribution in [3.05, 3.63) is 28.2 Å². The van der Waals surface area contributed by atoms with Gasteiger partial charge in [-0.25, -0.2) is 0 Å². The van der Waals surface area contributed by atoms with Crippen molar-refractivity contribution in [3.8, 4) is 5.75 Å². The van der Waals surface area contributed by atoms with Crippen LogP contribution >= 0.6 is 28.3 Å². The molecule has 2 rings (SSSR count). The highest BCUT2D eigenvalue weighted by Gasteiger charge is 2.18. The van der Waals surface area contributed by atoms with Gasteiger partial charge in [-0.1, -0.05) is 15.9 Å². The molecule has 1 aromatic carbocycles. The van der Waals surface area contributed by atoms with E-state index >= 15 is 0 Å². The number of halogens is 2. The van der Waals surface area contributed by atoms with Crippen LogP contribution in [0.25, 0.3) is 0 Å². The molecule has 0 bridgehead atoms. The van der Waals surface area contributed by atoms with Crippen molar-refractivity contribution in [2.75, 3.05) is 26.9 Å². The van der Waals surface area contributed by atoms with Crippen LogP contribution in [-0.4, -0.2) is 26.9 Å². The number of hydrogen-bond donors (Lipinski definition) is 1. The second-order valence-electron chi connectivity index (χ2n) is 3.47. The molecule has 1 atom stereocenters. The maximum atomic E-state index is 5.44. The Morgan fingerprint density at radius 2 is 2.31 bits per heavy atom. The molecule has 5 heteroatoms. The van der Waals surface area contributed by atoms with Crippen molar-refractivity contribution in [3.63, 3.8) is 0 Å². The smallest absolute Gasteiger partial charge is 0.119 e. The molecule has 1 fully saturated rings. The average Bonchev–Trinajstić information content (AvgIpc) is 2.31. The van der Waals surface area contributed by atoms with Gasteiger partial charge in [0.2, 0.25) is 0 Å². The topological polar surface area (TPSA) is 30.5 Å². The van der Waals surface area contributed by atoms with E-state index in [4.69, 9.17) is 9.47 Å². The van der Waals surface area contributed by atoms with Crippen molar-refractivity contribution in [1.82, 2.24) is 5.32 Å². The van der Waals surface area contributed by atoms with Crippen LogP contribution in [0.1, 0.15) is 11.6 Å². The summed E-state index contributed by atoms with van der Waals surface area (Å²) < 4.78 is 11.7. The molecule has 0 aromatic heterocycles.